The van der Waals surface area contributed by atoms with Crippen molar-refractivity contribution in [3.05, 3.63) is 94.8 Å². The van der Waals surface area contributed by atoms with Gasteiger partial charge in [-0.15, -0.1) is 0 Å². The van der Waals surface area contributed by atoms with Gasteiger partial charge in [-0.3, -0.25) is 13.9 Å². The molecule has 0 radical (unpaired) electrons. The minimum Gasteiger partial charge on any atom is -0.354 e. The number of anilines is 1. The maximum Gasteiger partial charge on any atom is 0.264 e. The van der Waals surface area contributed by atoms with E-state index in [2.05, 4.69) is 5.32 Å². The molecule has 0 unspecified atom stereocenters. The molecule has 39 heavy (non-hydrogen) atoms. The number of halogens is 1. The second-order valence-electron chi connectivity index (χ2n) is 9.66. The summed E-state index contributed by atoms with van der Waals surface area (Å²) in [4.78, 5) is 28.2. The second-order valence-corrected chi connectivity index (χ2v) is 11.5. The Balaban J connectivity index is 2.05. The SMILES string of the molecule is CCCNC(=O)[C@H](C)N(Cc1ccc(F)cc1)C(=O)CN(c1cccc(C)c1C)S(=O)(=O)c1ccc(C)cc1. The zero-order valence-corrected chi connectivity index (χ0v) is 23.9. The van der Waals surface area contributed by atoms with E-state index in [0.29, 0.717) is 17.8 Å². The largest absolute Gasteiger partial charge is 0.354 e. The number of rotatable bonds is 11. The summed E-state index contributed by atoms with van der Waals surface area (Å²) >= 11 is 0. The van der Waals surface area contributed by atoms with E-state index in [9.17, 15) is 22.4 Å². The third kappa shape index (κ3) is 7.23. The van der Waals surface area contributed by atoms with E-state index in [0.717, 1.165) is 27.4 Å². The molecule has 0 spiro atoms. The zero-order valence-electron chi connectivity index (χ0n) is 23.1. The number of hydrogen-bond acceptors (Lipinski definition) is 4. The number of hydrogen-bond donors (Lipinski definition) is 1. The smallest absolute Gasteiger partial charge is 0.264 e. The first-order valence-corrected chi connectivity index (χ1v) is 14.4. The molecule has 3 aromatic carbocycles. The number of carbonyl (C=O) groups is 2. The molecule has 0 aromatic heterocycles. The molecule has 0 saturated heterocycles. The van der Waals surface area contributed by atoms with E-state index in [1.54, 1.807) is 31.2 Å². The molecule has 3 aromatic rings. The molecule has 1 N–H and O–H groups in total. The van der Waals surface area contributed by atoms with Gasteiger partial charge >= 0.3 is 0 Å². The van der Waals surface area contributed by atoms with Gasteiger partial charge in [-0.2, -0.15) is 0 Å². The predicted octanol–water partition coefficient (Wildman–Crippen LogP) is 4.89. The molecular formula is C30H36FN3O4S. The van der Waals surface area contributed by atoms with Crippen LogP contribution in [-0.4, -0.2) is 44.3 Å². The molecule has 0 aliphatic rings. The lowest BCUT2D eigenvalue weighted by atomic mass is 10.1. The van der Waals surface area contributed by atoms with Crippen LogP contribution in [0.5, 0.6) is 0 Å². The molecular weight excluding hydrogens is 517 g/mol. The maximum absolute atomic E-state index is 13.9. The molecule has 0 aliphatic carbocycles. The highest BCUT2D eigenvalue weighted by Crippen LogP contribution is 2.29. The molecule has 3 rings (SSSR count). The zero-order chi connectivity index (χ0) is 28.7. The van der Waals surface area contributed by atoms with Crippen LogP contribution in [0.2, 0.25) is 0 Å². The van der Waals surface area contributed by atoms with Gasteiger partial charge in [0.25, 0.3) is 10.0 Å². The Kier molecular flexibility index (Phi) is 9.86. The maximum atomic E-state index is 13.9. The van der Waals surface area contributed by atoms with Crippen LogP contribution in [-0.2, 0) is 26.2 Å². The van der Waals surface area contributed by atoms with E-state index in [1.807, 2.05) is 33.8 Å². The third-order valence-corrected chi connectivity index (χ3v) is 8.49. The molecule has 1 atom stereocenters. The Labute approximate surface area is 230 Å². The molecule has 0 aliphatic heterocycles. The van der Waals surface area contributed by atoms with Crippen molar-refractivity contribution < 1.29 is 22.4 Å². The topological polar surface area (TPSA) is 86.8 Å². The first-order chi connectivity index (χ1) is 18.4. The van der Waals surface area contributed by atoms with Gasteiger partial charge in [-0.25, -0.2) is 12.8 Å². The monoisotopic (exact) mass is 553 g/mol. The van der Waals surface area contributed by atoms with Crippen LogP contribution in [0.3, 0.4) is 0 Å². The fourth-order valence-corrected chi connectivity index (χ4v) is 5.59. The summed E-state index contributed by atoms with van der Waals surface area (Å²) in [5.74, 6) is -1.34. The lowest BCUT2D eigenvalue weighted by Gasteiger charge is -2.32. The number of sulfonamides is 1. The number of aryl methyl sites for hydroxylation is 2. The van der Waals surface area contributed by atoms with Crippen molar-refractivity contribution in [1.29, 1.82) is 0 Å². The minimum absolute atomic E-state index is 0.00500. The quantitative estimate of drug-likeness (QED) is 0.366. The van der Waals surface area contributed by atoms with E-state index in [4.69, 9.17) is 0 Å². The highest BCUT2D eigenvalue weighted by molar-refractivity contribution is 7.92. The van der Waals surface area contributed by atoms with Crippen LogP contribution < -0.4 is 9.62 Å². The van der Waals surface area contributed by atoms with Crippen molar-refractivity contribution in [1.82, 2.24) is 10.2 Å². The predicted molar refractivity (Wildman–Crippen MR) is 151 cm³/mol. The van der Waals surface area contributed by atoms with Gasteiger partial charge < -0.3 is 10.2 Å². The third-order valence-electron chi connectivity index (χ3n) is 6.72. The summed E-state index contributed by atoms with van der Waals surface area (Å²) in [6.07, 6.45) is 0.722. The van der Waals surface area contributed by atoms with Crippen LogP contribution in [0.15, 0.2) is 71.6 Å². The number of nitrogens with zero attached hydrogens (tertiary/aromatic N) is 2. The van der Waals surface area contributed by atoms with Crippen LogP contribution in [0.25, 0.3) is 0 Å². The summed E-state index contributed by atoms with van der Waals surface area (Å²) < 4.78 is 42.5. The highest BCUT2D eigenvalue weighted by Gasteiger charge is 2.33. The molecule has 0 fully saturated rings. The van der Waals surface area contributed by atoms with Crippen molar-refractivity contribution in [2.24, 2.45) is 0 Å². The van der Waals surface area contributed by atoms with Crippen molar-refractivity contribution in [2.75, 3.05) is 17.4 Å². The summed E-state index contributed by atoms with van der Waals surface area (Å²) in [5, 5.41) is 2.80. The number of carbonyl (C=O) groups excluding carboxylic acids is 2. The molecule has 2 amide bonds. The van der Waals surface area contributed by atoms with E-state index in [-0.39, 0.29) is 17.3 Å². The van der Waals surface area contributed by atoms with Crippen molar-refractivity contribution in [3.63, 3.8) is 0 Å². The van der Waals surface area contributed by atoms with Crippen LogP contribution in [0.1, 0.15) is 42.5 Å². The number of nitrogens with one attached hydrogen (secondary N) is 1. The average molecular weight is 554 g/mol. The normalized spacial score (nSPS) is 12.1. The van der Waals surface area contributed by atoms with Gasteiger partial charge in [0.15, 0.2) is 0 Å². The summed E-state index contributed by atoms with van der Waals surface area (Å²) in [6.45, 7) is 8.99. The summed E-state index contributed by atoms with van der Waals surface area (Å²) in [5.41, 5.74) is 3.49. The Morgan fingerprint density at radius 2 is 1.59 bits per heavy atom. The molecule has 9 heteroatoms. The lowest BCUT2D eigenvalue weighted by Crippen LogP contribution is -2.51. The Hall–Kier alpha value is -3.72. The first-order valence-electron chi connectivity index (χ1n) is 12.9. The number of amides is 2. The summed E-state index contributed by atoms with van der Waals surface area (Å²) in [6, 6.07) is 16.5. The van der Waals surface area contributed by atoms with Gasteiger partial charge in [-0.05, 0) is 81.1 Å². The average Bonchev–Trinajstić information content (AvgIpc) is 2.91. The van der Waals surface area contributed by atoms with E-state index < -0.39 is 34.3 Å². The molecule has 0 bridgehead atoms. The van der Waals surface area contributed by atoms with Gasteiger partial charge in [0, 0.05) is 13.1 Å². The van der Waals surface area contributed by atoms with Crippen LogP contribution in [0, 0.1) is 26.6 Å². The summed E-state index contributed by atoms with van der Waals surface area (Å²) in [7, 11) is -4.14. The van der Waals surface area contributed by atoms with Gasteiger partial charge in [0.05, 0.1) is 10.6 Å². The lowest BCUT2D eigenvalue weighted by molar-refractivity contribution is -0.139. The standard InChI is InChI=1S/C30H36FN3O4S/c1-6-18-32-30(36)24(5)33(19-25-12-14-26(31)15-13-25)29(35)20-34(28-9-7-8-22(3)23(28)4)39(37,38)27-16-10-21(2)11-17-27/h7-17,24H,6,18-20H2,1-5H3,(H,32,36)/t24-/m0/s1. The van der Waals surface area contributed by atoms with E-state index >= 15 is 0 Å². The molecule has 0 heterocycles. The fourth-order valence-electron chi connectivity index (χ4n) is 4.12. The Bertz CT molecular complexity index is 1410. The van der Waals surface area contributed by atoms with Gasteiger partial charge in [0.2, 0.25) is 11.8 Å². The van der Waals surface area contributed by atoms with Crippen molar-refractivity contribution in [3.8, 4) is 0 Å². The van der Waals surface area contributed by atoms with Gasteiger partial charge in [0.1, 0.15) is 18.4 Å². The minimum atomic E-state index is -4.14. The van der Waals surface area contributed by atoms with Gasteiger partial charge in [-0.1, -0.05) is 48.9 Å². The molecule has 0 saturated carbocycles. The molecule has 208 valence electrons. The van der Waals surface area contributed by atoms with E-state index in [1.165, 1.54) is 41.3 Å². The second kappa shape index (κ2) is 12.9. The molecule has 7 nitrogen and oxygen atoms in total. The first kappa shape index (κ1) is 29.8. The van der Waals surface area contributed by atoms with Crippen molar-refractivity contribution in [2.45, 2.75) is 58.5 Å². The Morgan fingerprint density at radius 3 is 2.21 bits per heavy atom. The number of benzene rings is 3. The van der Waals surface area contributed by atoms with Crippen molar-refractivity contribution >= 4 is 27.5 Å². The highest BCUT2D eigenvalue weighted by atomic mass is 32.2. The Morgan fingerprint density at radius 1 is 0.949 bits per heavy atom. The van der Waals surface area contributed by atoms with Crippen LogP contribution in [0.4, 0.5) is 10.1 Å². The van der Waals surface area contributed by atoms with Crippen LogP contribution >= 0.6 is 0 Å². The fraction of sp³-hybridized carbons (Fsp3) is 0.333.